The van der Waals surface area contributed by atoms with Crippen molar-refractivity contribution in [3.63, 3.8) is 0 Å². The lowest BCUT2D eigenvalue weighted by molar-refractivity contribution is 0.205. The van der Waals surface area contributed by atoms with Crippen molar-refractivity contribution >= 4 is 0 Å². The number of ether oxygens (including phenoxy) is 1. The summed E-state index contributed by atoms with van der Waals surface area (Å²) < 4.78 is 7.33. The second kappa shape index (κ2) is 9.72. The van der Waals surface area contributed by atoms with E-state index < -0.39 is 0 Å². The number of piperidine rings is 1. The molecule has 0 aliphatic carbocycles. The normalized spacial score (nSPS) is 14.6. The van der Waals surface area contributed by atoms with Gasteiger partial charge in [0, 0.05) is 30.8 Å². The Morgan fingerprint density at radius 3 is 2.40 bits per heavy atom. The van der Waals surface area contributed by atoms with Crippen LogP contribution in [0.2, 0.25) is 0 Å². The van der Waals surface area contributed by atoms with Crippen LogP contribution in [0.1, 0.15) is 25.7 Å². The molecule has 4 rings (SSSR count). The van der Waals surface area contributed by atoms with Crippen LogP contribution in [-0.2, 0) is 7.05 Å². The molecule has 1 fully saturated rings. The van der Waals surface area contributed by atoms with Crippen molar-refractivity contribution in [2.45, 2.75) is 25.7 Å². The Labute approximate surface area is 177 Å². The second-order valence-corrected chi connectivity index (χ2v) is 7.86. The van der Waals surface area contributed by atoms with Crippen molar-refractivity contribution in [1.82, 2.24) is 14.7 Å². The van der Waals surface area contributed by atoms with E-state index in [0.717, 1.165) is 47.7 Å². The molecule has 0 radical (unpaired) electrons. The molecule has 0 N–H and O–H groups in total. The van der Waals surface area contributed by atoms with Gasteiger partial charge in [-0.15, -0.1) is 0 Å². The number of aromatic nitrogens is 2. The van der Waals surface area contributed by atoms with E-state index >= 15 is 0 Å². The minimum atomic E-state index is -0.119. The van der Waals surface area contributed by atoms with Crippen molar-refractivity contribution in [3.8, 4) is 28.1 Å². The van der Waals surface area contributed by atoms with Crippen LogP contribution in [0, 0.1) is 0 Å². The fourth-order valence-electron chi connectivity index (χ4n) is 3.96. The largest absolute Gasteiger partial charge is 0.494 e. The third kappa shape index (κ3) is 4.97. The Hall–Kier alpha value is -2.92. The van der Waals surface area contributed by atoms with Crippen LogP contribution in [-0.4, -0.2) is 40.9 Å². The summed E-state index contributed by atoms with van der Waals surface area (Å²) in [6, 6.07) is 19.6. The molecule has 0 saturated carbocycles. The molecule has 1 aromatic heterocycles. The van der Waals surface area contributed by atoms with Gasteiger partial charge in [0.25, 0.3) is 5.56 Å². The zero-order valence-electron chi connectivity index (χ0n) is 17.6. The van der Waals surface area contributed by atoms with Gasteiger partial charge >= 0.3 is 0 Å². The summed E-state index contributed by atoms with van der Waals surface area (Å²) in [5.74, 6) is 0.864. The topological polar surface area (TPSA) is 47.4 Å². The lowest BCUT2D eigenvalue weighted by Gasteiger charge is -2.26. The van der Waals surface area contributed by atoms with Crippen molar-refractivity contribution < 1.29 is 4.74 Å². The molecule has 30 heavy (non-hydrogen) atoms. The van der Waals surface area contributed by atoms with E-state index in [4.69, 9.17) is 4.74 Å². The van der Waals surface area contributed by atoms with E-state index in [2.05, 4.69) is 10.00 Å². The fraction of sp³-hybridized carbons (Fsp3) is 0.360. The van der Waals surface area contributed by atoms with Crippen molar-refractivity contribution in [2.24, 2.45) is 7.05 Å². The summed E-state index contributed by atoms with van der Waals surface area (Å²) in [7, 11) is 1.68. The molecule has 1 saturated heterocycles. The SMILES string of the molecule is Cn1nc(-c2ccc(OCCCN3CCCCC3)cc2)c(-c2ccccc2)cc1=O. The molecule has 1 aliphatic heterocycles. The molecule has 5 heteroatoms. The highest BCUT2D eigenvalue weighted by molar-refractivity contribution is 5.80. The van der Waals surface area contributed by atoms with Crippen molar-refractivity contribution in [1.29, 1.82) is 0 Å². The molecule has 1 aliphatic rings. The maximum Gasteiger partial charge on any atom is 0.267 e. The zero-order valence-corrected chi connectivity index (χ0v) is 17.6. The second-order valence-electron chi connectivity index (χ2n) is 7.86. The molecule has 0 bridgehead atoms. The van der Waals surface area contributed by atoms with Crippen LogP contribution in [0.5, 0.6) is 5.75 Å². The third-order valence-electron chi connectivity index (χ3n) is 5.64. The van der Waals surface area contributed by atoms with Crippen LogP contribution >= 0.6 is 0 Å². The Morgan fingerprint density at radius 1 is 0.933 bits per heavy atom. The molecule has 0 spiro atoms. The maximum absolute atomic E-state index is 12.2. The summed E-state index contributed by atoms with van der Waals surface area (Å²) >= 11 is 0. The highest BCUT2D eigenvalue weighted by Gasteiger charge is 2.12. The lowest BCUT2D eigenvalue weighted by atomic mass is 10.00. The van der Waals surface area contributed by atoms with Gasteiger partial charge in [0.05, 0.1) is 12.3 Å². The number of rotatable bonds is 7. The third-order valence-corrected chi connectivity index (χ3v) is 5.64. The van der Waals surface area contributed by atoms with E-state index in [-0.39, 0.29) is 5.56 Å². The van der Waals surface area contributed by atoms with Gasteiger partial charge in [0.15, 0.2) is 0 Å². The maximum atomic E-state index is 12.2. The quantitative estimate of drug-likeness (QED) is 0.550. The molecule has 0 amide bonds. The van der Waals surface area contributed by atoms with Crippen LogP contribution in [0.3, 0.4) is 0 Å². The molecule has 2 heterocycles. The zero-order chi connectivity index (χ0) is 20.8. The van der Waals surface area contributed by atoms with E-state index in [1.807, 2.05) is 54.6 Å². The molecule has 0 atom stereocenters. The van der Waals surface area contributed by atoms with Crippen molar-refractivity contribution in [2.75, 3.05) is 26.2 Å². The molecular weight excluding hydrogens is 374 g/mol. The van der Waals surface area contributed by atoms with E-state index in [1.54, 1.807) is 13.1 Å². The van der Waals surface area contributed by atoms with Crippen molar-refractivity contribution in [3.05, 3.63) is 71.0 Å². The van der Waals surface area contributed by atoms with Gasteiger partial charge in [-0.25, -0.2) is 4.68 Å². The lowest BCUT2D eigenvalue weighted by Crippen LogP contribution is -2.31. The first kappa shape index (κ1) is 20.4. The first-order chi connectivity index (χ1) is 14.7. The smallest absolute Gasteiger partial charge is 0.267 e. The molecular formula is C25H29N3O2. The molecule has 3 aromatic rings. The molecule has 5 nitrogen and oxygen atoms in total. The molecule has 156 valence electrons. The van der Waals surface area contributed by atoms with Crippen LogP contribution in [0.4, 0.5) is 0 Å². The predicted molar refractivity (Wildman–Crippen MR) is 121 cm³/mol. The van der Waals surface area contributed by atoms with Gasteiger partial charge < -0.3 is 9.64 Å². The summed E-state index contributed by atoms with van der Waals surface area (Å²) in [6.07, 6.45) is 5.07. The van der Waals surface area contributed by atoms with E-state index in [1.165, 1.54) is 37.0 Å². The summed E-state index contributed by atoms with van der Waals surface area (Å²) in [6.45, 7) is 4.29. The minimum Gasteiger partial charge on any atom is -0.494 e. The van der Waals surface area contributed by atoms with Gasteiger partial charge in [0.1, 0.15) is 5.75 Å². The number of hydrogen-bond donors (Lipinski definition) is 0. The average molecular weight is 404 g/mol. The first-order valence-electron chi connectivity index (χ1n) is 10.8. The number of likely N-dealkylation sites (tertiary alicyclic amines) is 1. The summed E-state index contributed by atoms with van der Waals surface area (Å²) in [5.41, 5.74) is 3.46. The fourth-order valence-corrected chi connectivity index (χ4v) is 3.96. The first-order valence-corrected chi connectivity index (χ1v) is 10.8. The number of nitrogens with zero attached hydrogens (tertiary/aromatic N) is 3. The van der Waals surface area contributed by atoms with E-state index in [9.17, 15) is 4.79 Å². The highest BCUT2D eigenvalue weighted by Crippen LogP contribution is 2.30. The summed E-state index contributed by atoms with van der Waals surface area (Å²) in [5, 5.41) is 4.53. The molecule has 0 unspecified atom stereocenters. The monoisotopic (exact) mass is 403 g/mol. The van der Waals surface area contributed by atoms with Crippen LogP contribution in [0.15, 0.2) is 65.5 Å². The van der Waals surface area contributed by atoms with E-state index in [0.29, 0.717) is 0 Å². The van der Waals surface area contributed by atoms with Gasteiger partial charge in [0.2, 0.25) is 0 Å². The highest BCUT2D eigenvalue weighted by atomic mass is 16.5. The Morgan fingerprint density at radius 2 is 1.67 bits per heavy atom. The number of hydrogen-bond acceptors (Lipinski definition) is 4. The van der Waals surface area contributed by atoms with Crippen LogP contribution in [0.25, 0.3) is 22.4 Å². The van der Waals surface area contributed by atoms with Gasteiger partial charge in [-0.2, -0.15) is 5.10 Å². The molecule has 2 aromatic carbocycles. The predicted octanol–water partition coefficient (Wildman–Crippen LogP) is 4.37. The Kier molecular flexibility index (Phi) is 6.60. The van der Waals surface area contributed by atoms with Crippen LogP contribution < -0.4 is 10.3 Å². The van der Waals surface area contributed by atoms with Gasteiger partial charge in [-0.05, 0) is 62.2 Å². The Bertz CT molecular complexity index is 1010. The average Bonchev–Trinajstić information content (AvgIpc) is 2.80. The summed E-state index contributed by atoms with van der Waals surface area (Å²) in [4.78, 5) is 14.7. The standard InChI is InChI=1S/C25H29N3O2/c1-27-24(29)19-23(20-9-4-2-5-10-20)25(26-27)21-11-13-22(14-12-21)30-18-8-17-28-15-6-3-7-16-28/h2,4-5,9-14,19H,3,6-8,15-18H2,1H3. The Balaban J connectivity index is 1.45. The minimum absolute atomic E-state index is 0.119. The van der Waals surface area contributed by atoms with Gasteiger partial charge in [-0.1, -0.05) is 36.8 Å². The number of benzene rings is 2. The number of aryl methyl sites for hydroxylation is 1. The van der Waals surface area contributed by atoms with Gasteiger partial charge in [-0.3, -0.25) is 4.79 Å².